The lowest BCUT2D eigenvalue weighted by molar-refractivity contribution is 1.34. The molecule has 0 bridgehead atoms. The lowest BCUT2D eigenvalue weighted by Crippen LogP contribution is -2.01. The van der Waals surface area contributed by atoms with Gasteiger partial charge < -0.3 is 0 Å². The SMILES string of the molecule is Cc1ccccc1C.Cl.c1ccc(Pc2ccccc2)cc1. The van der Waals surface area contributed by atoms with Crippen LogP contribution in [0.4, 0.5) is 0 Å². The minimum Gasteiger partial charge on any atom is -0.147 e. The average molecular weight is 329 g/mol. The van der Waals surface area contributed by atoms with Gasteiger partial charge in [0.15, 0.2) is 0 Å². The van der Waals surface area contributed by atoms with Gasteiger partial charge in [0.2, 0.25) is 0 Å². The highest BCUT2D eigenvalue weighted by Crippen LogP contribution is 2.08. The van der Waals surface area contributed by atoms with Crippen molar-refractivity contribution in [1.82, 2.24) is 0 Å². The summed E-state index contributed by atoms with van der Waals surface area (Å²) in [4.78, 5) is 0. The summed E-state index contributed by atoms with van der Waals surface area (Å²) in [7, 11) is 0.777. The Hall–Kier alpha value is -1.62. The van der Waals surface area contributed by atoms with E-state index < -0.39 is 0 Å². The van der Waals surface area contributed by atoms with Crippen molar-refractivity contribution in [3.05, 3.63) is 96.1 Å². The summed E-state index contributed by atoms with van der Waals surface area (Å²) >= 11 is 0. The highest BCUT2D eigenvalue weighted by molar-refractivity contribution is 7.55. The molecule has 114 valence electrons. The van der Waals surface area contributed by atoms with Crippen LogP contribution in [0.3, 0.4) is 0 Å². The van der Waals surface area contributed by atoms with Crippen molar-refractivity contribution in [2.24, 2.45) is 0 Å². The van der Waals surface area contributed by atoms with Crippen molar-refractivity contribution < 1.29 is 0 Å². The molecule has 3 rings (SSSR count). The smallest absolute Gasteiger partial charge is 0.0226 e. The molecule has 0 fully saturated rings. The second-order valence-corrected chi connectivity index (χ2v) is 6.35. The lowest BCUT2D eigenvalue weighted by Gasteiger charge is -2.00. The first-order valence-electron chi connectivity index (χ1n) is 7.15. The molecule has 0 heterocycles. The molecule has 0 aliphatic rings. The van der Waals surface area contributed by atoms with Crippen LogP contribution in [0.5, 0.6) is 0 Å². The Morgan fingerprint density at radius 2 is 0.818 bits per heavy atom. The zero-order valence-corrected chi connectivity index (χ0v) is 14.8. The fourth-order valence-corrected chi connectivity index (χ4v) is 2.92. The van der Waals surface area contributed by atoms with E-state index in [2.05, 4.69) is 98.8 Å². The zero-order chi connectivity index (χ0) is 14.9. The maximum Gasteiger partial charge on any atom is -0.0226 e. The summed E-state index contributed by atoms with van der Waals surface area (Å²) in [6.07, 6.45) is 0. The molecule has 2 heteroatoms. The van der Waals surface area contributed by atoms with Gasteiger partial charge in [0.05, 0.1) is 0 Å². The molecule has 0 saturated carbocycles. The van der Waals surface area contributed by atoms with Crippen LogP contribution in [-0.2, 0) is 0 Å². The quantitative estimate of drug-likeness (QED) is 0.578. The largest absolute Gasteiger partial charge is 0.147 e. The van der Waals surface area contributed by atoms with Crippen LogP contribution in [0.25, 0.3) is 0 Å². The summed E-state index contributed by atoms with van der Waals surface area (Å²) in [5.41, 5.74) is 2.74. The Balaban J connectivity index is 0.000000234. The van der Waals surface area contributed by atoms with E-state index in [-0.39, 0.29) is 12.4 Å². The zero-order valence-electron chi connectivity index (χ0n) is 13.0. The Morgan fingerprint density at radius 3 is 1.14 bits per heavy atom. The maximum absolute atomic E-state index is 2.17. The molecular weight excluding hydrogens is 307 g/mol. The summed E-state index contributed by atoms with van der Waals surface area (Å²) in [5, 5.41) is 2.79. The molecule has 0 aliphatic heterocycles. The Bertz CT molecular complexity index is 592. The number of hydrogen-bond donors (Lipinski definition) is 0. The van der Waals surface area contributed by atoms with E-state index in [1.807, 2.05) is 0 Å². The molecule has 22 heavy (non-hydrogen) atoms. The highest BCUT2D eigenvalue weighted by Gasteiger charge is 1.92. The summed E-state index contributed by atoms with van der Waals surface area (Å²) in [6.45, 7) is 4.24. The maximum atomic E-state index is 2.17. The standard InChI is InChI=1S/C12H11P.C8H10.ClH/c1-3-7-11(8-4-1)13-12-9-5-2-6-10-12;1-7-5-3-4-6-8(7)2;/h1-10,13H;3-6H,1-2H3;1H. The molecule has 0 nitrogen and oxygen atoms in total. The van der Waals surface area contributed by atoms with Gasteiger partial charge in [-0.2, -0.15) is 0 Å². The number of benzene rings is 3. The van der Waals surface area contributed by atoms with E-state index in [0.717, 1.165) is 8.58 Å². The van der Waals surface area contributed by atoms with Gasteiger partial charge in [0, 0.05) is 0 Å². The molecule has 0 aromatic heterocycles. The third kappa shape index (κ3) is 6.43. The van der Waals surface area contributed by atoms with Gasteiger partial charge in [-0.15, -0.1) is 12.4 Å². The van der Waals surface area contributed by atoms with Crippen LogP contribution in [0, 0.1) is 13.8 Å². The van der Waals surface area contributed by atoms with E-state index in [0.29, 0.717) is 0 Å². The predicted octanol–water partition coefficient (Wildman–Crippen LogP) is 5.04. The van der Waals surface area contributed by atoms with Gasteiger partial charge in [-0.25, -0.2) is 0 Å². The van der Waals surface area contributed by atoms with Crippen molar-refractivity contribution in [2.45, 2.75) is 13.8 Å². The van der Waals surface area contributed by atoms with Crippen molar-refractivity contribution in [2.75, 3.05) is 0 Å². The van der Waals surface area contributed by atoms with Crippen molar-refractivity contribution in [3.63, 3.8) is 0 Å². The van der Waals surface area contributed by atoms with Crippen LogP contribution in [-0.4, -0.2) is 0 Å². The first-order chi connectivity index (χ1) is 10.3. The van der Waals surface area contributed by atoms with E-state index in [1.54, 1.807) is 0 Å². The lowest BCUT2D eigenvalue weighted by atomic mass is 10.1. The van der Waals surface area contributed by atoms with Crippen LogP contribution >= 0.6 is 21.0 Å². The molecule has 0 saturated heterocycles. The van der Waals surface area contributed by atoms with Crippen molar-refractivity contribution >= 4 is 31.6 Å². The Kier molecular flexibility index (Phi) is 8.51. The molecule has 0 aliphatic carbocycles. The number of rotatable bonds is 2. The van der Waals surface area contributed by atoms with Gasteiger partial charge in [0.1, 0.15) is 0 Å². The second-order valence-electron chi connectivity index (χ2n) is 4.94. The number of aryl methyl sites for hydroxylation is 2. The monoisotopic (exact) mass is 328 g/mol. The first kappa shape index (κ1) is 18.4. The minimum atomic E-state index is 0. The minimum absolute atomic E-state index is 0. The molecule has 3 aromatic rings. The molecule has 0 radical (unpaired) electrons. The third-order valence-electron chi connectivity index (χ3n) is 3.26. The summed E-state index contributed by atoms with van der Waals surface area (Å²) in [6, 6.07) is 29.5. The van der Waals surface area contributed by atoms with E-state index in [4.69, 9.17) is 0 Å². The van der Waals surface area contributed by atoms with Gasteiger partial charge in [0.25, 0.3) is 0 Å². The van der Waals surface area contributed by atoms with Crippen molar-refractivity contribution in [3.8, 4) is 0 Å². The van der Waals surface area contributed by atoms with Gasteiger partial charge in [-0.1, -0.05) is 93.5 Å². The molecule has 3 aromatic carbocycles. The van der Waals surface area contributed by atoms with Gasteiger partial charge in [-0.05, 0) is 35.6 Å². The molecule has 0 N–H and O–H groups in total. The van der Waals surface area contributed by atoms with Crippen LogP contribution in [0.2, 0.25) is 0 Å². The average Bonchev–Trinajstić information content (AvgIpc) is 2.53. The van der Waals surface area contributed by atoms with Gasteiger partial charge in [-0.3, -0.25) is 0 Å². The first-order valence-corrected chi connectivity index (χ1v) is 8.15. The van der Waals surface area contributed by atoms with E-state index in [1.165, 1.54) is 21.7 Å². The van der Waals surface area contributed by atoms with Crippen LogP contribution < -0.4 is 10.6 Å². The summed E-state index contributed by atoms with van der Waals surface area (Å²) in [5.74, 6) is 0. The van der Waals surface area contributed by atoms with Gasteiger partial charge >= 0.3 is 0 Å². The predicted molar refractivity (Wildman–Crippen MR) is 104 cm³/mol. The Morgan fingerprint density at radius 1 is 0.500 bits per heavy atom. The molecule has 0 amide bonds. The second kappa shape index (κ2) is 10.2. The van der Waals surface area contributed by atoms with E-state index in [9.17, 15) is 0 Å². The third-order valence-corrected chi connectivity index (χ3v) is 4.51. The number of halogens is 1. The Labute approximate surface area is 141 Å². The van der Waals surface area contributed by atoms with Crippen LogP contribution in [0.15, 0.2) is 84.9 Å². The summed E-state index contributed by atoms with van der Waals surface area (Å²) < 4.78 is 0. The molecule has 0 atom stereocenters. The fraction of sp³-hybridized carbons (Fsp3) is 0.100. The number of hydrogen-bond acceptors (Lipinski definition) is 0. The highest BCUT2D eigenvalue weighted by atomic mass is 35.5. The van der Waals surface area contributed by atoms with E-state index >= 15 is 0 Å². The molecular formula is C20H22ClP. The fourth-order valence-electron chi connectivity index (χ4n) is 1.87. The topological polar surface area (TPSA) is 0 Å². The normalized spacial score (nSPS) is 9.18. The van der Waals surface area contributed by atoms with Crippen molar-refractivity contribution in [1.29, 1.82) is 0 Å². The molecule has 0 spiro atoms. The van der Waals surface area contributed by atoms with Crippen LogP contribution in [0.1, 0.15) is 11.1 Å². The molecule has 0 unspecified atom stereocenters.